The fraction of sp³-hybridized carbons (Fsp3) is 0.621. The van der Waals surface area contributed by atoms with Crippen molar-refractivity contribution in [3.05, 3.63) is 42.1 Å². The minimum Gasteiger partial charge on any atom is -0.353 e. The van der Waals surface area contributed by atoms with Crippen LogP contribution in [0.1, 0.15) is 38.7 Å². The number of piperazine rings is 1. The van der Waals surface area contributed by atoms with Gasteiger partial charge in [0.25, 0.3) is 0 Å². The van der Waals surface area contributed by atoms with Crippen molar-refractivity contribution >= 4 is 23.8 Å². The number of nitrogens with two attached hydrogens (primary N) is 2. The number of benzene rings is 1. The van der Waals surface area contributed by atoms with Crippen molar-refractivity contribution in [2.75, 3.05) is 57.8 Å². The smallest absolute Gasteiger partial charge is 0.242 e. The number of hydrogen-bond donors (Lipinski definition) is 2. The van der Waals surface area contributed by atoms with Crippen molar-refractivity contribution < 1.29 is 9.59 Å². The normalized spacial score (nSPS) is 24.9. The first kappa shape index (κ1) is 28.3. The Labute approximate surface area is 227 Å². The lowest BCUT2D eigenvalue weighted by Gasteiger charge is -2.43. The molecule has 2 saturated heterocycles. The van der Waals surface area contributed by atoms with Crippen LogP contribution in [0, 0.1) is 11.8 Å². The minimum atomic E-state index is -0.651. The van der Waals surface area contributed by atoms with Gasteiger partial charge in [0.1, 0.15) is 5.84 Å². The number of aliphatic imine (C=N–C) groups is 1. The van der Waals surface area contributed by atoms with Crippen molar-refractivity contribution in [2.45, 2.75) is 51.1 Å². The zero-order valence-electron chi connectivity index (χ0n) is 23.3. The second-order valence-electron chi connectivity index (χ2n) is 11.3. The highest BCUT2D eigenvalue weighted by molar-refractivity contribution is 5.94. The van der Waals surface area contributed by atoms with Gasteiger partial charge < -0.3 is 21.3 Å². The highest BCUT2D eigenvalue weighted by Crippen LogP contribution is 2.31. The number of hydrogen-bond acceptors (Lipinski definition) is 6. The average molecular weight is 524 g/mol. The molecule has 2 unspecified atom stereocenters. The first-order valence-corrected chi connectivity index (χ1v) is 14.0. The van der Waals surface area contributed by atoms with Crippen LogP contribution in [0.4, 0.5) is 5.69 Å². The highest BCUT2D eigenvalue weighted by atomic mass is 16.2. The summed E-state index contributed by atoms with van der Waals surface area (Å²) in [7, 11) is 1.75. The molecule has 9 heteroatoms. The second kappa shape index (κ2) is 12.4. The maximum absolute atomic E-state index is 12.7. The fourth-order valence-electron chi connectivity index (χ4n) is 5.89. The molecule has 4 N–H and O–H groups in total. The summed E-state index contributed by atoms with van der Waals surface area (Å²) in [4.78, 5) is 37.2. The van der Waals surface area contributed by atoms with Gasteiger partial charge in [-0.15, -0.1) is 0 Å². The van der Waals surface area contributed by atoms with E-state index in [9.17, 15) is 9.59 Å². The Kier molecular flexibility index (Phi) is 9.23. The van der Waals surface area contributed by atoms with Crippen LogP contribution in [0.25, 0.3) is 0 Å². The van der Waals surface area contributed by atoms with Crippen LogP contribution in [0.15, 0.2) is 41.5 Å². The van der Waals surface area contributed by atoms with Gasteiger partial charge in [0.05, 0.1) is 5.54 Å². The first-order valence-electron chi connectivity index (χ1n) is 14.0. The third-order valence-corrected chi connectivity index (χ3v) is 8.78. The number of amidine groups is 1. The van der Waals surface area contributed by atoms with E-state index in [-0.39, 0.29) is 5.91 Å². The van der Waals surface area contributed by atoms with Gasteiger partial charge in [-0.25, -0.2) is 0 Å². The van der Waals surface area contributed by atoms with Crippen molar-refractivity contribution in [1.82, 2.24) is 14.7 Å². The SMILES string of the molecule is CN=C(/C=C\N(C=O)c1ccc(CC(C)N2CC(C)[C@H](CN)C2)cc1)N1CCN(C(=O)C2(N)CCC2)CC1. The van der Waals surface area contributed by atoms with E-state index in [0.29, 0.717) is 44.1 Å². The number of likely N-dealkylation sites (tertiary alicyclic amines) is 1. The summed E-state index contributed by atoms with van der Waals surface area (Å²) in [5.74, 6) is 2.09. The Hall–Kier alpha value is -2.75. The molecule has 2 heterocycles. The first-order chi connectivity index (χ1) is 18.3. The van der Waals surface area contributed by atoms with E-state index in [2.05, 4.69) is 40.8 Å². The van der Waals surface area contributed by atoms with Crippen LogP contribution in [0.2, 0.25) is 0 Å². The summed E-state index contributed by atoms with van der Waals surface area (Å²) in [6.45, 7) is 10.1. The Bertz CT molecular complexity index is 1010. The molecule has 0 aromatic heterocycles. The summed E-state index contributed by atoms with van der Waals surface area (Å²) >= 11 is 0. The van der Waals surface area contributed by atoms with Crippen LogP contribution < -0.4 is 16.4 Å². The molecule has 2 aliphatic heterocycles. The molecule has 0 bridgehead atoms. The molecule has 3 fully saturated rings. The molecule has 3 atom stereocenters. The number of nitrogens with zero attached hydrogens (tertiary/aromatic N) is 5. The Morgan fingerprint density at radius 2 is 1.82 bits per heavy atom. The maximum Gasteiger partial charge on any atom is 0.242 e. The molecule has 1 aromatic rings. The van der Waals surface area contributed by atoms with Gasteiger partial charge in [0.15, 0.2) is 0 Å². The van der Waals surface area contributed by atoms with E-state index < -0.39 is 5.54 Å². The zero-order valence-corrected chi connectivity index (χ0v) is 23.3. The van der Waals surface area contributed by atoms with Gasteiger partial charge in [0, 0.05) is 64.2 Å². The predicted octanol–water partition coefficient (Wildman–Crippen LogP) is 1.67. The van der Waals surface area contributed by atoms with Gasteiger partial charge in [-0.2, -0.15) is 0 Å². The standard InChI is InChI=1S/C29H45N7O2/c1-22-19-36(20-25(22)18-30)23(2)17-24-5-7-26(8-6-24)35(21-37)12-9-27(32-3)33-13-15-34(16-14-33)28(38)29(31)10-4-11-29/h5-9,12,21-23,25H,4,10-11,13-20,30-31H2,1-3H3/b12-9-,32-27?/t22?,23?,25-/m1/s1. The van der Waals surface area contributed by atoms with Crippen molar-refractivity contribution in [3.8, 4) is 0 Å². The van der Waals surface area contributed by atoms with Crippen LogP contribution >= 0.6 is 0 Å². The van der Waals surface area contributed by atoms with Gasteiger partial charge in [0.2, 0.25) is 12.3 Å². The van der Waals surface area contributed by atoms with Crippen LogP contribution in [-0.2, 0) is 16.0 Å². The predicted molar refractivity (Wildman–Crippen MR) is 153 cm³/mol. The molecule has 2 amide bonds. The number of amides is 2. The van der Waals surface area contributed by atoms with E-state index in [4.69, 9.17) is 11.5 Å². The van der Waals surface area contributed by atoms with Crippen molar-refractivity contribution in [1.29, 1.82) is 0 Å². The Balaban J connectivity index is 1.30. The third-order valence-electron chi connectivity index (χ3n) is 8.78. The topological polar surface area (TPSA) is 111 Å². The molecule has 1 saturated carbocycles. The largest absolute Gasteiger partial charge is 0.353 e. The van der Waals surface area contributed by atoms with E-state index >= 15 is 0 Å². The van der Waals surface area contributed by atoms with E-state index in [1.807, 2.05) is 23.1 Å². The summed E-state index contributed by atoms with van der Waals surface area (Å²) in [5, 5.41) is 0. The quantitative estimate of drug-likeness (QED) is 0.289. The van der Waals surface area contributed by atoms with Crippen LogP contribution in [-0.4, -0.2) is 97.3 Å². The van der Waals surface area contributed by atoms with Gasteiger partial charge in [-0.1, -0.05) is 19.1 Å². The average Bonchev–Trinajstić information content (AvgIpc) is 3.31. The van der Waals surface area contributed by atoms with Gasteiger partial charge in [-0.3, -0.25) is 24.4 Å². The summed E-state index contributed by atoms with van der Waals surface area (Å²) in [6, 6.07) is 8.64. The Morgan fingerprint density at radius 1 is 1.16 bits per heavy atom. The summed E-state index contributed by atoms with van der Waals surface area (Å²) < 4.78 is 0. The number of carbonyl (C=O) groups excluding carboxylic acids is 2. The molecular weight excluding hydrogens is 478 g/mol. The molecule has 4 rings (SSSR count). The lowest BCUT2D eigenvalue weighted by Crippen LogP contribution is -2.62. The van der Waals surface area contributed by atoms with Crippen molar-refractivity contribution in [3.63, 3.8) is 0 Å². The van der Waals surface area contributed by atoms with Crippen molar-refractivity contribution in [2.24, 2.45) is 28.3 Å². The van der Waals surface area contributed by atoms with Gasteiger partial charge >= 0.3 is 0 Å². The molecule has 0 spiro atoms. The molecule has 38 heavy (non-hydrogen) atoms. The van der Waals surface area contributed by atoms with Crippen LogP contribution in [0.5, 0.6) is 0 Å². The van der Waals surface area contributed by atoms with E-state index in [0.717, 1.165) is 63.3 Å². The van der Waals surface area contributed by atoms with E-state index in [1.54, 1.807) is 18.1 Å². The number of carbonyl (C=O) groups is 2. The summed E-state index contributed by atoms with van der Waals surface area (Å²) in [5.41, 5.74) is 13.6. The molecular formula is C29H45N7O2. The molecule has 208 valence electrons. The summed E-state index contributed by atoms with van der Waals surface area (Å²) in [6.07, 6.45) is 7.99. The zero-order chi connectivity index (χ0) is 27.3. The van der Waals surface area contributed by atoms with Crippen LogP contribution in [0.3, 0.4) is 0 Å². The van der Waals surface area contributed by atoms with Gasteiger partial charge in [-0.05, 0) is 74.8 Å². The lowest BCUT2D eigenvalue weighted by atomic mass is 9.76. The Morgan fingerprint density at radius 3 is 2.34 bits per heavy atom. The molecule has 3 aliphatic rings. The molecule has 0 radical (unpaired) electrons. The monoisotopic (exact) mass is 523 g/mol. The van der Waals surface area contributed by atoms with E-state index in [1.165, 1.54) is 5.56 Å². The third kappa shape index (κ3) is 6.27. The maximum atomic E-state index is 12.7. The molecule has 9 nitrogen and oxygen atoms in total. The fourth-order valence-corrected chi connectivity index (χ4v) is 5.89. The highest BCUT2D eigenvalue weighted by Gasteiger charge is 2.43. The molecule has 1 aliphatic carbocycles. The minimum absolute atomic E-state index is 0.0774. The number of anilines is 1. The number of rotatable bonds is 9. The lowest BCUT2D eigenvalue weighted by molar-refractivity contribution is -0.141. The second-order valence-corrected chi connectivity index (χ2v) is 11.3. The molecule has 1 aromatic carbocycles.